The molecule has 0 aliphatic carbocycles. The van der Waals surface area contributed by atoms with Crippen LogP contribution in [0.5, 0.6) is 0 Å². The highest BCUT2D eigenvalue weighted by Gasteiger charge is 2.20. The van der Waals surface area contributed by atoms with Gasteiger partial charge < -0.3 is 0 Å². The van der Waals surface area contributed by atoms with Gasteiger partial charge in [-0.2, -0.15) is 0 Å². The Balaban J connectivity index is 2.76. The highest BCUT2D eigenvalue weighted by atomic mass is 32.2. The summed E-state index contributed by atoms with van der Waals surface area (Å²) in [5, 5.41) is -0.214. The molecule has 1 aromatic carbocycles. The predicted molar refractivity (Wildman–Crippen MR) is 68.8 cm³/mol. The van der Waals surface area contributed by atoms with Crippen LogP contribution in [0.1, 0.15) is 24.7 Å². The van der Waals surface area contributed by atoms with Crippen molar-refractivity contribution in [2.45, 2.75) is 19.1 Å². The second-order valence-electron chi connectivity index (χ2n) is 4.03. The standard InChI is InChI=1S/C12H18N2OS/c1-9(2)8-16-11(12(15)14-13)10-6-4-3-5-7-10/h3-7,9,11H,8,13H2,1-2H3,(H,14,15). The van der Waals surface area contributed by atoms with E-state index in [-0.39, 0.29) is 11.2 Å². The van der Waals surface area contributed by atoms with Gasteiger partial charge in [0.2, 0.25) is 0 Å². The van der Waals surface area contributed by atoms with Gasteiger partial charge in [0, 0.05) is 0 Å². The van der Waals surface area contributed by atoms with E-state index < -0.39 is 0 Å². The molecule has 0 saturated carbocycles. The molecule has 1 amide bonds. The molecular weight excluding hydrogens is 220 g/mol. The fraction of sp³-hybridized carbons (Fsp3) is 0.417. The highest BCUT2D eigenvalue weighted by molar-refractivity contribution is 8.00. The van der Waals surface area contributed by atoms with Crippen LogP contribution in [0.15, 0.2) is 30.3 Å². The molecule has 1 unspecified atom stereocenters. The molecule has 88 valence electrons. The van der Waals surface area contributed by atoms with E-state index in [0.29, 0.717) is 5.92 Å². The maximum absolute atomic E-state index is 11.7. The first kappa shape index (κ1) is 13.1. The molecule has 0 aliphatic heterocycles. The number of hydrazine groups is 1. The Morgan fingerprint density at radius 1 is 1.38 bits per heavy atom. The summed E-state index contributed by atoms with van der Waals surface area (Å²) in [5.74, 6) is 6.56. The number of carbonyl (C=O) groups excluding carboxylic acids is 1. The van der Waals surface area contributed by atoms with Crippen molar-refractivity contribution in [3.63, 3.8) is 0 Å². The van der Waals surface area contributed by atoms with Gasteiger partial charge in [0.1, 0.15) is 5.25 Å². The Kier molecular flexibility index (Phi) is 5.35. The Hall–Kier alpha value is -1.00. The minimum Gasteiger partial charge on any atom is -0.293 e. The van der Waals surface area contributed by atoms with Crippen molar-refractivity contribution >= 4 is 17.7 Å². The minimum absolute atomic E-state index is 0.142. The number of carbonyl (C=O) groups is 1. The van der Waals surface area contributed by atoms with Gasteiger partial charge >= 0.3 is 0 Å². The van der Waals surface area contributed by atoms with Crippen molar-refractivity contribution in [2.24, 2.45) is 11.8 Å². The lowest BCUT2D eigenvalue weighted by atomic mass is 10.1. The van der Waals surface area contributed by atoms with Crippen LogP contribution >= 0.6 is 11.8 Å². The minimum atomic E-state index is -0.214. The molecule has 0 saturated heterocycles. The van der Waals surface area contributed by atoms with E-state index >= 15 is 0 Å². The summed E-state index contributed by atoms with van der Waals surface area (Å²) >= 11 is 1.62. The second kappa shape index (κ2) is 6.55. The molecule has 1 aromatic rings. The largest absolute Gasteiger partial charge is 0.293 e. The van der Waals surface area contributed by atoms with Crippen LogP contribution in [0.2, 0.25) is 0 Å². The maximum atomic E-state index is 11.7. The number of rotatable bonds is 5. The SMILES string of the molecule is CC(C)CSC(C(=O)NN)c1ccccc1. The van der Waals surface area contributed by atoms with Crippen molar-refractivity contribution in [3.8, 4) is 0 Å². The molecule has 3 N–H and O–H groups in total. The Labute approximate surface area is 101 Å². The van der Waals surface area contributed by atoms with Crippen LogP contribution in [0.3, 0.4) is 0 Å². The number of nitrogens with one attached hydrogen (secondary N) is 1. The Bertz CT molecular complexity index is 327. The molecule has 0 heterocycles. The van der Waals surface area contributed by atoms with E-state index in [1.165, 1.54) is 0 Å². The van der Waals surface area contributed by atoms with Crippen LogP contribution in [-0.2, 0) is 4.79 Å². The van der Waals surface area contributed by atoms with Gasteiger partial charge in [-0.3, -0.25) is 10.2 Å². The highest BCUT2D eigenvalue weighted by Crippen LogP contribution is 2.30. The van der Waals surface area contributed by atoms with Gasteiger partial charge in [-0.25, -0.2) is 5.84 Å². The smallest absolute Gasteiger partial charge is 0.251 e. The topological polar surface area (TPSA) is 55.1 Å². The van der Waals surface area contributed by atoms with Gasteiger partial charge in [0.25, 0.3) is 5.91 Å². The first-order valence-corrected chi connectivity index (χ1v) is 6.37. The molecule has 3 nitrogen and oxygen atoms in total. The molecule has 4 heteroatoms. The van der Waals surface area contributed by atoms with Crippen LogP contribution in [-0.4, -0.2) is 11.7 Å². The summed E-state index contributed by atoms with van der Waals surface area (Å²) < 4.78 is 0. The number of hydrogen-bond acceptors (Lipinski definition) is 3. The predicted octanol–water partition coefficient (Wildman–Crippen LogP) is 2.11. The quantitative estimate of drug-likeness (QED) is 0.469. The van der Waals surface area contributed by atoms with Crippen LogP contribution < -0.4 is 11.3 Å². The van der Waals surface area contributed by atoms with Crippen molar-refractivity contribution in [1.29, 1.82) is 0 Å². The first-order valence-electron chi connectivity index (χ1n) is 5.32. The van der Waals surface area contributed by atoms with E-state index in [2.05, 4.69) is 19.3 Å². The molecule has 16 heavy (non-hydrogen) atoms. The fourth-order valence-electron chi connectivity index (χ4n) is 1.32. The third-order valence-electron chi connectivity index (χ3n) is 2.08. The molecular formula is C12H18N2OS. The van der Waals surface area contributed by atoms with Crippen LogP contribution in [0.4, 0.5) is 0 Å². The summed E-state index contributed by atoms with van der Waals surface area (Å²) in [4.78, 5) is 11.7. The summed E-state index contributed by atoms with van der Waals surface area (Å²) in [6.07, 6.45) is 0. The average molecular weight is 238 g/mol. The third kappa shape index (κ3) is 3.87. The average Bonchev–Trinajstić information content (AvgIpc) is 2.30. The normalized spacial score (nSPS) is 12.5. The van der Waals surface area contributed by atoms with Crippen molar-refractivity contribution in [2.75, 3.05) is 5.75 Å². The Morgan fingerprint density at radius 2 is 2.00 bits per heavy atom. The molecule has 1 rings (SSSR count). The number of benzene rings is 1. The molecule has 0 aliphatic rings. The van der Waals surface area contributed by atoms with Gasteiger partial charge in [-0.05, 0) is 17.2 Å². The van der Waals surface area contributed by atoms with Crippen molar-refractivity contribution in [1.82, 2.24) is 5.43 Å². The number of thioether (sulfide) groups is 1. The van der Waals surface area contributed by atoms with Gasteiger partial charge in [0.15, 0.2) is 0 Å². The molecule has 0 bridgehead atoms. The Morgan fingerprint density at radius 3 is 2.50 bits per heavy atom. The summed E-state index contributed by atoms with van der Waals surface area (Å²) in [6, 6.07) is 9.71. The molecule has 1 atom stereocenters. The lowest BCUT2D eigenvalue weighted by Crippen LogP contribution is -2.33. The lowest BCUT2D eigenvalue weighted by Gasteiger charge is -2.16. The monoisotopic (exact) mass is 238 g/mol. The van der Waals surface area contributed by atoms with Crippen LogP contribution in [0, 0.1) is 5.92 Å². The second-order valence-corrected chi connectivity index (χ2v) is 5.16. The molecule has 0 spiro atoms. The first-order chi connectivity index (χ1) is 7.65. The molecule has 0 radical (unpaired) electrons. The number of nitrogens with two attached hydrogens (primary N) is 1. The van der Waals surface area contributed by atoms with Gasteiger partial charge in [-0.15, -0.1) is 11.8 Å². The van der Waals surface area contributed by atoms with Gasteiger partial charge in [0.05, 0.1) is 0 Å². The van der Waals surface area contributed by atoms with E-state index in [1.807, 2.05) is 30.3 Å². The van der Waals surface area contributed by atoms with E-state index in [1.54, 1.807) is 11.8 Å². The summed E-state index contributed by atoms with van der Waals surface area (Å²) in [6.45, 7) is 4.27. The number of amides is 1. The van der Waals surface area contributed by atoms with Gasteiger partial charge in [-0.1, -0.05) is 44.2 Å². The zero-order chi connectivity index (χ0) is 12.0. The summed E-state index contributed by atoms with van der Waals surface area (Å²) in [5.41, 5.74) is 3.22. The van der Waals surface area contributed by atoms with E-state index in [4.69, 9.17) is 5.84 Å². The van der Waals surface area contributed by atoms with E-state index in [0.717, 1.165) is 11.3 Å². The maximum Gasteiger partial charge on any atom is 0.251 e. The summed E-state index contributed by atoms with van der Waals surface area (Å²) in [7, 11) is 0. The molecule has 0 fully saturated rings. The van der Waals surface area contributed by atoms with E-state index in [9.17, 15) is 4.79 Å². The lowest BCUT2D eigenvalue weighted by molar-refractivity contribution is -0.120. The van der Waals surface area contributed by atoms with Crippen LogP contribution in [0.25, 0.3) is 0 Å². The van der Waals surface area contributed by atoms with Crippen molar-refractivity contribution < 1.29 is 4.79 Å². The fourth-order valence-corrected chi connectivity index (χ4v) is 2.46. The zero-order valence-electron chi connectivity index (χ0n) is 9.64. The molecule has 0 aromatic heterocycles. The zero-order valence-corrected chi connectivity index (χ0v) is 10.5. The third-order valence-corrected chi connectivity index (χ3v) is 3.76. The van der Waals surface area contributed by atoms with Crippen molar-refractivity contribution in [3.05, 3.63) is 35.9 Å². The number of hydrogen-bond donors (Lipinski definition) is 2.